The molecule has 166 valence electrons. The van der Waals surface area contributed by atoms with Gasteiger partial charge in [0, 0.05) is 24.7 Å². The van der Waals surface area contributed by atoms with Gasteiger partial charge in [0.2, 0.25) is 5.91 Å². The van der Waals surface area contributed by atoms with Gasteiger partial charge in [0.25, 0.3) is 0 Å². The number of benzene rings is 2. The minimum atomic E-state index is -0.853. The lowest BCUT2D eigenvalue weighted by Gasteiger charge is -2.32. The largest absolute Gasteiger partial charge is 0.493 e. The van der Waals surface area contributed by atoms with Crippen molar-refractivity contribution in [3.05, 3.63) is 82.5 Å². The number of anilines is 1. The highest BCUT2D eigenvalue weighted by molar-refractivity contribution is 6.30. The Morgan fingerprint density at radius 3 is 2.69 bits per heavy atom. The fraction of sp³-hybridized carbons (Fsp3) is 0.250. The maximum atomic E-state index is 13.0. The number of hydrogen-bond donors (Lipinski definition) is 2. The van der Waals surface area contributed by atoms with Gasteiger partial charge in [0.15, 0.2) is 11.5 Å². The van der Waals surface area contributed by atoms with Crippen molar-refractivity contribution in [1.29, 1.82) is 0 Å². The summed E-state index contributed by atoms with van der Waals surface area (Å²) in [5, 5.41) is 14.4. The Balaban J connectivity index is 1.68. The fourth-order valence-electron chi connectivity index (χ4n) is 4.07. The number of methoxy groups -OCH3 is 2. The number of aliphatic hydroxyl groups is 1. The Labute approximate surface area is 191 Å². The number of nitrogens with zero attached hydrogens (tertiary/aromatic N) is 2. The number of ether oxygens (including phenoxy) is 2. The Kier molecular flexibility index (Phi) is 6.60. The topological polar surface area (TPSA) is 83.9 Å². The monoisotopic (exact) mass is 453 g/mol. The summed E-state index contributed by atoms with van der Waals surface area (Å²) in [5.74, 6) is 1.24. The number of rotatable bonds is 7. The van der Waals surface area contributed by atoms with E-state index in [1.807, 2.05) is 41.3 Å². The quantitative estimate of drug-likeness (QED) is 0.554. The molecule has 1 aliphatic rings. The molecule has 1 aliphatic heterocycles. The van der Waals surface area contributed by atoms with Gasteiger partial charge >= 0.3 is 0 Å². The summed E-state index contributed by atoms with van der Waals surface area (Å²) in [5.41, 5.74) is 2.60. The van der Waals surface area contributed by atoms with E-state index < -0.39 is 12.3 Å². The maximum Gasteiger partial charge on any atom is 0.227 e. The molecule has 32 heavy (non-hydrogen) atoms. The second-order valence-corrected chi connectivity index (χ2v) is 7.89. The van der Waals surface area contributed by atoms with Crippen LogP contribution >= 0.6 is 11.6 Å². The average molecular weight is 454 g/mol. The molecule has 0 saturated heterocycles. The first-order chi connectivity index (χ1) is 15.5. The van der Waals surface area contributed by atoms with Crippen molar-refractivity contribution in [3.63, 3.8) is 0 Å². The van der Waals surface area contributed by atoms with Crippen molar-refractivity contribution >= 4 is 23.3 Å². The standard InChI is InChI=1S/C24H24ClN3O4/c1-31-20-9-5-8-18(23(20)32-2)19(12-22(29)27-21-11-10-16(25)13-26-21)28-14-15-6-3-4-7-17(15)24(28)30/h3-11,13,19,24,30H,12,14H2,1-2H3,(H,26,27,29). The summed E-state index contributed by atoms with van der Waals surface area (Å²) in [6.07, 6.45) is 0.688. The molecule has 4 rings (SSSR count). The molecule has 2 unspecified atom stereocenters. The Morgan fingerprint density at radius 2 is 2.00 bits per heavy atom. The first-order valence-electron chi connectivity index (χ1n) is 10.2. The maximum absolute atomic E-state index is 13.0. The summed E-state index contributed by atoms with van der Waals surface area (Å²) >= 11 is 5.89. The highest BCUT2D eigenvalue weighted by atomic mass is 35.5. The molecule has 1 aromatic heterocycles. The smallest absolute Gasteiger partial charge is 0.227 e. The first-order valence-corrected chi connectivity index (χ1v) is 10.5. The summed E-state index contributed by atoms with van der Waals surface area (Å²) in [6.45, 7) is 0.495. The van der Waals surface area contributed by atoms with E-state index in [1.54, 1.807) is 32.4 Å². The van der Waals surface area contributed by atoms with Gasteiger partial charge in [0.05, 0.1) is 25.3 Å². The number of para-hydroxylation sites is 1. The van der Waals surface area contributed by atoms with Crippen LogP contribution in [0.5, 0.6) is 11.5 Å². The van der Waals surface area contributed by atoms with Crippen molar-refractivity contribution in [2.24, 2.45) is 0 Å². The predicted octanol–water partition coefficient (Wildman–Crippen LogP) is 4.33. The number of aromatic nitrogens is 1. The number of carbonyl (C=O) groups is 1. The fourth-order valence-corrected chi connectivity index (χ4v) is 4.18. The van der Waals surface area contributed by atoms with Crippen LogP contribution in [0.15, 0.2) is 60.8 Å². The second kappa shape index (κ2) is 9.56. The minimum Gasteiger partial charge on any atom is -0.493 e. The summed E-state index contributed by atoms with van der Waals surface area (Å²) in [7, 11) is 3.13. The van der Waals surface area contributed by atoms with E-state index in [4.69, 9.17) is 21.1 Å². The molecule has 0 saturated carbocycles. The van der Waals surface area contributed by atoms with Crippen LogP contribution in [-0.4, -0.2) is 35.1 Å². The van der Waals surface area contributed by atoms with Crippen molar-refractivity contribution in [2.45, 2.75) is 25.2 Å². The van der Waals surface area contributed by atoms with Gasteiger partial charge in [-0.3, -0.25) is 9.69 Å². The summed E-state index contributed by atoms with van der Waals surface area (Å²) in [4.78, 5) is 19.0. The Bertz CT molecular complexity index is 1110. The Hall–Kier alpha value is -3.13. The van der Waals surface area contributed by atoms with Crippen molar-refractivity contribution in [2.75, 3.05) is 19.5 Å². The van der Waals surface area contributed by atoms with E-state index in [0.29, 0.717) is 28.9 Å². The van der Waals surface area contributed by atoms with Gasteiger partial charge in [-0.25, -0.2) is 4.98 Å². The first kappa shape index (κ1) is 22.1. The third-order valence-electron chi connectivity index (χ3n) is 5.57. The van der Waals surface area contributed by atoms with Crippen molar-refractivity contribution in [1.82, 2.24) is 9.88 Å². The van der Waals surface area contributed by atoms with E-state index in [1.165, 1.54) is 6.20 Å². The number of carbonyl (C=O) groups excluding carboxylic acids is 1. The van der Waals surface area contributed by atoms with Crippen LogP contribution in [0.1, 0.15) is 35.4 Å². The van der Waals surface area contributed by atoms with E-state index in [0.717, 1.165) is 16.7 Å². The Morgan fingerprint density at radius 1 is 1.19 bits per heavy atom. The van der Waals surface area contributed by atoms with Crippen molar-refractivity contribution in [3.8, 4) is 11.5 Å². The molecule has 2 atom stereocenters. The SMILES string of the molecule is COc1cccc(C(CC(=O)Nc2ccc(Cl)cn2)N2Cc3ccccc3C2O)c1OC. The van der Waals surface area contributed by atoms with Crippen LogP contribution in [0.3, 0.4) is 0 Å². The van der Waals surface area contributed by atoms with Crippen molar-refractivity contribution < 1.29 is 19.4 Å². The minimum absolute atomic E-state index is 0.0683. The molecule has 0 bridgehead atoms. The summed E-state index contributed by atoms with van der Waals surface area (Å²) < 4.78 is 11.1. The predicted molar refractivity (Wildman–Crippen MR) is 122 cm³/mol. The molecule has 8 heteroatoms. The molecule has 1 amide bonds. The van der Waals surface area contributed by atoms with Gasteiger partial charge in [-0.15, -0.1) is 0 Å². The zero-order valence-electron chi connectivity index (χ0n) is 17.8. The molecule has 0 aliphatic carbocycles. The lowest BCUT2D eigenvalue weighted by atomic mass is 9.99. The van der Waals surface area contributed by atoms with Crippen LogP contribution in [0.4, 0.5) is 5.82 Å². The highest BCUT2D eigenvalue weighted by Crippen LogP contribution is 2.44. The number of nitrogens with one attached hydrogen (secondary N) is 1. The number of amides is 1. The molecule has 2 N–H and O–H groups in total. The van der Waals surface area contributed by atoms with Gasteiger partial charge in [0.1, 0.15) is 12.0 Å². The number of halogens is 1. The molecule has 3 aromatic rings. The van der Waals surface area contributed by atoms with E-state index in [-0.39, 0.29) is 12.3 Å². The number of pyridine rings is 1. The number of hydrogen-bond acceptors (Lipinski definition) is 6. The van der Waals surface area contributed by atoms with Crippen LogP contribution in [0.2, 0.25) is 5.02 Å². The molecule has 0 fully saturated rings. The third kappa shape index (κ3) is 4.41. The molecule has 2 aromatic carbocycles. The zero-order chi connectivity index (χ0) is 22.7. The highest BCUT2D eigenvalue weighted by Gasteiger charge is 2.37. The van der Waals surface area contributed by atoms with Gasteiger partial charge < -0.3 is 19.9 Å². The van der Waals surface area contributed by atoms with E-state index in [2.05, 4.69) is 10.3 Å². The zero-order valence-corrected chi connectivity index (χ0v) is 18.5. The normalized spacial score (nSPS) is 16.3. The van der Waals surface area contributed by atoms with Gasteiger partial charge in [-0.2, -0.15) is 0 Å². The summed E-state index contributed by atoms with van der Waals surface area (Å²) in [6, 6.07) is 16.1. The average Bonchev–Trinajstić information content (AvgIpc) is 3.14. The second-order valence-electron chi connectivity index (χ2n) is 7.46. The van der Waals surface area contributed by atoms with E-state index >= 15 is 0 Å². The molecular formula is C24H24ClN3O4. The molecule has 7 nitrogen and oxygen atoms in total. The van der Waals surface area contributed by atoms with Crippen LogP contribution in [-0.2, 0) is 11.3 Å². The van der Waals surface area contributed by atoms with Gasteiger partial charge in [-0.05, 0) is 29.3 Å². The third-order valence-corrected chi connectivity index (χ3v) is 5.79. The van der Waals surface area contributed by atoms with Crippen LogP contribution in [0.25, 0.3) is 0 Å². The van der Waals surface area contributed by atoms with Gasteiger partial charge in [-0.1, -0.05) is 48.0 Å². The lowest BCUT2D eigenvalue weighted by molar-refractivity contribution is -0.119. The number of fused-ring (bicyclic) bond motifs is 1. The lowest BCUT2D eigenvalue weighted by Crippen LogP contribution is -2.31. The van der Waals surface area contributed by atoms with Crippen LogP contribution < -0.4 is 14.8 Å². The number of aliphatic hydroxyl groups excluding tert-OH is 1. The molecule has 2 heterocycles. The van der Waals surface area contributed by atoms with Crippen LogP contribution in [0, 0.1) is 0 Å². The van der Waals surface area contributed by atoms with E-state index in [9.17, 15) is 9.90 Å². The molecular weight excluding hydrogens is 430 g/mol. The molecule has 0 spiro atoms. The molecule has 0 radical (unpaired) electrons.